The second-order valence-electron chi connectivity index (χ2n) is 4.68. The molecular formula is C13H14N4O2. The van der Waals surface area contributed by atoms with Crippen LogP contribution in [-0.2, 0) is 13.0 Å². The number of hydrogen-bond donors (Lipinski definition) is 2. The van der Waals surface area contributed by atoms with Crippen LogP contribution in [0.1, 0.15) is 27.4 Å². The standard InChI is InChI=1S/C13H14N4O2/c1-8-9-7-17(6-5-10(9)16-15-8)13(19)11-3-2-4-12(18)14-11/h2-4H,5-7H2,1H3,(H,14,18)(H,15,16). The maximum Gasteiger partial charge on any atom is 0.270 e. The highest BCUT2D eigenvalue weighted by atomic mass is 16.2. The first-order valence-corrected chi connectivity index (χ1v) is 6.16. The predicted molar refractivity (Wildman–Crippen MR) is 68.8 cm³/mol. The molecule has 6 nitrogen and oxygen atoms in total. The first-order valence-electron chi connectivity index (χ1n) is 6.16. The van der Waals surface area contributed by atoms with E-state index in [9.17, 15) is 9.59 Å². The van der Waals surface area contributed by atoms with Gasteiger partial charge in [0.15, 0.2) is 0 Å². The van der Waals surface area contributed by atoms with Gasteiger partial charge in [0, 0.05) is 36.8 Å². The van der Waals surface area contributed by atoms with Crippen molar-refractivity contribution in [1.29, 1.82) is 0 Å². The third kappa shape index (κ3) is 2.05. The van der Waals surface area contributed by atoms with Crippen LogP contribution >= 0.6 is 0 Å². The van der Waals surface area contributed by atoms with Gasteiger partial charge in [-0.2, -0.15) is 5.10 Å². The molecule has 6 heteroatoms. The lowest BCUT2D eigenvalue weighted by Gasteiger charge is -2.26. The number of H-pyrrole nitrogens is 2. The van der Waals surface area contributed by atoms with E-state index in [1.807, 2.05) is 6.92 Å². The van der Waals surface area contributed by atoms with Crippen molar-refractivity contribution in [2.75, 3.05) is 6.54 Å². The van der Waals surface area contributed by atoms with Crippen molar-refractivity contribution in [1.82, 2.24) is 20.1 Å². The van der Waals surface area contributed by atoms with Crippen molar-refractivity contribution in [3.63, 3.8) is 0 Å². The van der Waals surface area contributed by atoms with Gasteiger partial charge < -0.3 is 9.88 Å². The fraction of sp³-hybridized carbons (Fsp3) is 0.308. The van der Waals surface area contributed by atoms with E-state index in [0.717, 1.165) is 23.4 Å². The Balaban J connectivity index is 1.87. The Kier molecular flexibility index (Phi) is 2.70. The van der Waals surface area contributed by atoms with E-state index in [4.69, 9.17) is 0 Å². The number of carbonyl (C=O) groups is 1. The summed E-state index contributed by atoms with van der Waals surface area (Å²) in [4.78, 5) is 27.9. The number of amides is 1. The number of aryl methyl sites for hydroxylation is 1. The van der Waals surface area contributed by atoms with E-state index in [1.54, 1.807) is 17.0 Å². The van der Waals surface area contributed by atoms with E-state index in [2.05, 4.69) is 15.2 Å². The van der Waals surface area contributed by atoms with Crippen LogP contribution in [0.25, 0.3) is 0 Å². The summed E-state index contributed by atoms with van der Waals surface area (Å²) in [6, 6.07) is 4.61. The molecule has 0 aromatic carbocycles. The number of hydrogen-bond acceptors (Lipinski definition) is 3. The van der Waals surface area contributed by atoms with Gasteiger partial charge in [0.2, 0.25) is 5.56 Å². The highest BCUT2D eigenvalue weighted by Gasteiger charge is 2.25. The summed E-state index contributed by atoms with van der Waals surface area (Å²) in [6.07, 6.45) is 0.739. The molecule has 2 N–H and O–H groups in total. The molecule has 98 valence electrons. The number of pyridine rings is 1. The lowest BCUT2D eigenvalue weighted by Crippen LogP contribution is -2.37. The number of fused-ring (bicyclic) bond motifs is 1. The average molecular weight is 258 g/mol. The molecule has 0 saturated carbocycles. The molecule has 2 aromatic heterocycles. The molecule has 0 atom stereocenters. The van der Waals surface area contributed by atoms with Gasteiger partial charge in [-0.3, -0.25) is 14.7 Å². The lowest BCUT2D eigenvalue weighted by atomic mass is 10.1. The minimum atomic E-state index is -0.261. The maximum absolute atomic E-state index is 12.3. The summed E-state index contributed by atoms with van der Waals surface area (Å²) in [6.45, 7) is 3.10. The van der Waals surface area contributed by atoms with E-state index >= 15 is 0 Å². The number of aromatic nitrogens is 3. The van der Waals surface area contributed by atoms with Gasteiger partial charge in [0.25, 0.3) is 5.91 Å². The van der Waals surface area contributed by atoms with Gasteiger partial charge >= 0.3 is 0 Å². The molecule has 2 aromatic rings. The first kappa shape index (κ1) is 11.7. The molecule has 1 amide bonds. The van der Waals surface area contributed by atoms with Crippen LogP contribution in [0, 0.1) is 6.92 Å². The van der Waals surface area contributed by atoms with Gasteiger partial charge in [-0.05, 0) is 13.0 Å². The van der Waals surface area contributed by atoms with Crippen LogP contribution in [0.15, 0.2) is 23.0 Å². The third-order valence-electron chi connectivity index (χ3n) is 3.41. The quantitative estimate of drug-likeness (QED) is 0.786. The molecule has 3 heterocycles. The van der Waals surface area contributed by atoms with Crippen LogP contribution < -0.4 is 5.56 Å². The minimum Gasteiger partial charge on any atom is -0.333 e. The normalized spacial score (nSPS) is 14.3. The summed E-state index contributed by atoms with van der Waals surface area (Å²) < 4.78 is 0. The molecule has 0 saturated heterocycles. The zero-order valence-corrected chi connectivity index (χ0v) is 10.6. The van der Waals surface area contributed by atoms with E-state index in [0.29, 0.717) is 18.8 Å². The Hall–Kier alpha value is -2.37. The second kappa shape index (κ2) is 4.38. The monoisotopic (exact) mass is 258 g/mol. The minimum absolute atomic E-state index is 0.149. The van der Waals surface area contributed by atoms with Gasteiger partial charge in [-0.25, -0.2) is 0 Å². The lowest BCUT2D eigenvalue weighted by molar-refractivity contribution is 0.0728. The van der Waals surface area contributed by atoms with E-state index in [-0.39, 0.29) is 11.5 Å². The number of carbonyl (C=O) groups excluding carboxylic acids is 1. The number of aromatic amines is 2. The van der Waals surface area contributed by atoms with Gasteiger partial charge in [-0.15, -0.1) is 0 Å². The molecular weight excluding hydrogens is 244 g/mol. The van der Waals surface area contributed by atoms with Gasteiger partial charge in [0.05, 0.1) is 5.69 Å². The zero-order chi connectivity index (χ0) is 13.4. The Bertz CT molecular complexity index is 686. The fourth-order valence-corrected chi connectivity index (χ4v) is 2.35. The van der Waals surface area contributed by atoms with Crippen LogP contribution in [-0.4, -0.2) is 32.5 Å². The van der Waals surface area contributed by atoms with Crippen LogP contribution in [0.2, 0.25) is 0 Å². The van der Waals surface area contributed by atoms with Crippen molar-refractivity contribution >= 4 is 5.91 Å². The summed E-state index contributed by atoms with van der Waals surface area (Å²) in [5.74, 6) is -0.149. The van der Waals surface area contributed by atoms with Crippen LogP contribution in [0.5, 0.6) is 0 Å². The maximum atomic E-state index is 12.3. The second-order valence-corrected chi connectivity index (χ2v) is 4.68. The Morgan fingerprint density at radius 3 is 3.05 bits per heavy atom. The molecule has 0 unspecified atom stereocenters. The third-order valence-corrected chi connectivity index (χ3v) is 3.41. The fourth-order valence-electron chi connectivity index (χ4n) is 2.35. The summed E-state index contributed by atoms with van der Waals surface area (Å²) in [5, 5.41) is 7.16. The summed E-state index contributed by atoms with van der Waals surface area (Å²) in [5.41, 5.74) is 3.18. The van der Waals surface area contributed by atoms with Gasteiger partial charge in [-0.1, -0.05) is 6.07 Å². The van der Waals surface area contributed by atoms with Crippen molar-refractivity contribution in [3.8, 4) is 0 Å². The molecule has 0 fully saturated rings. The Morgan fingerprint density at radius 2 is 2.26 bits per heavy atom. The molecule has 3 rings (SSSR count). The number of rotatable bonds is 1. The van der Waals surface area contributed by atoms with Crippen LogP contribution in [0.3, 0.4) is 0 Å². The smallest absolute Gasteiger partial charge is 0.270 e. The average Bonchev–Trinajstić information content (AvgIpc) is 2.79. The van der Waals surface area contributed by atoms with Crippen LogP contribution in [0.4, 0.5) is 0 Å². The first-order chi connectivity index (χ1) is 9.15. The molecule has 1 aliphatic rings. The predicted octanol–water partition coefficient (Wildman–Crippen LogP) is 0.605. The van der Waals surface area contributed by atoms with E-state index in [1.165, 1.54) is 6.07 Å². The largest absolute Gasteiger partial charge is 0.333 e. The molecule has 0 spiro atoms. The number of nitrogens with one attached hydrogen (secondary N) is 2. The van der Waals surface area contributed by atoms with E-state index < -0.39 is 0 Å². The van der Waals surface area contributed by atoms with Crippen molar-refractivity contribution in [3.05, 3.63) is 51.2 Å². The number of nitrogens with zero attached hydrogens (tertiary/aromatic N) is 2. The summed E-state index contributed by atoms with van der Waals surface area (Å²) >= 11 is 0. The van der Waals surface area contributed by atoms with Gasteiger partial charge in [0.1, 0.15) is 5.69 Å². The Labute approximate surface area is 109 Å². The Morgan fingerprint density at radius 1 is 1.42 bits per heavy atom. The van der Waals surface area contributed by atoms with Crippen molar-refractivity contribution in [2.24, 2.45) is 0 Å². The molecule has 0 aliphatic carbocycles. The topological polar surface area (TPSA) is 81.8 Å². The van der Waals surface area contributed by atoms with Crippen molar-refractivity contribution in [2.45, 2.75) is 19.9 Å². The summed E-state index contributed by atoms with van der Waals surface area (Å²) in [7, 11) is 0. The highest BCUT2D eigenvalue weighted by molar-refractivity contribution is 5.92. The highest BCUT2D eigenvalue weighted by Crippen LogP contribution is 2.20. The molecule has 0 bridgehead atoms. The molecule has 0 radical (unpaired) electrons. The zero-order valence-electron chi connectivity index (χ0n) is 10.6. The SMILES string of the molecule is Cc1[nH]nc2c1CN(C(=O)c1cccc(=O)[nH]1)CC2. The van der Waals surface area contributed by atoms with Crippen molar-refractivity contribution < 1.29 is 4.79 Å². The molecule has 19 heavy (non-hydrogen) atoms. The molecule has 1 aliphatic heterocycles.